The third kappa shape index (κ3) is 7.20. The van der Waals surface area contributed by atoms with Gasteiger partial charge in [0, 0.05) is 44.8 Å². The van der Waals surface area contributed by atoms with Crippen molar-refractivity contribution >= 4 is 71.0 Å². The zero-order valence-electron chi connectivity index (χ0n) is 32.6. The second-order valence-electron chi connectivity index (χ2n) is 14.0. The molecule has 0 unspecified atom stereocenters. The van der Waals surface area contributed by atoms with Crippen molar-refractivity contribution in [1.29, 1.82) is 0 Å². The summed E-state index contributed by atoms with van der Waals surface area (Å²) in [6, 6.07) is 39.9. The number of hydrogen-bond acceptors (Lipinski definition) is 9. The van der Waals surface area contributed by atoms with E-state index in [2.05, 4.69) is 10.2 Å². The number of aromatic amines is 1. The Bertz CT molecular complexity index is 3390. The molecule has 0 bridgehead atoms. The average molecular weight is 903 g/mol. The smallest absolute Gasteiger partial charge is 0.342 e. The maximum Gasteiger partial charge on any atom is 0.342 e. The van der Waals surface area contributed by atoms with Crippen LogP contribution in [0.2, 0.25) is 10.0 Å². The zero-order chi connectivity index (χ0) is 43.2. The molecule has 0 aliphatic carbocycles. The standard InChI is InChI=1S/C46H33Cl2N5O7S2/c1-2-59-46(54)37-27-50-51-45(37)62(57,58)53-39-21-19-34(48)24-36(39)42(44(53)31-16-10-5-11-17-31)43-41(60-28-29-12-6-3-7-13-29)25-35(26-49-43)61(55,56)52-38-20-18-33(47)22-32(38)23-40(52)30-14-8-4-9-15-30/h3-27H,2,28H2,1H3,(H,50,51). The van der Waals surface area contributed by atoms with Crippen molar-refractivity contribution in [2.75, 3.05) is 6.61 Å². The highest BCUT2D eigenvalue weighted by Crippen LogP contribution is 2.47. The van der Waals surface area contributed by atoms with Crippen molar-refractivity contribution in [3.05, 3.63) is 173 Å². The van der Waals surface area contributed by atoms with Crippen LogP contribution in [-0.4, -0.2) is 52.5 Å². The van der Waals surface area contributed by atoms with Crippen LogP contribution >= 0.6 is 23.2 Å². The van der Waals surface area contributed by atoms with E-state index >= 15 is 16.8 Å². The Balaban J connectivity index is 1.33. The molecule has 5 aromatic carbocycles. The van der Waals surface area contributed by atoms with E-state index in [1.54, 1.807) is 79.7 Å². The summed E-state index contributed by atoms with van der Waals surface area (Å²) in [5, 5.41) is 7.62. The van der Waals surface area contributed by atoms with Gasteiger partial charge in [-0.25, -0.2) is 21.2 Å². The molecule has 4 aromatic heterocycles. The predicted octanol–water partition coefficient (Wildman–Crippen LogP) is 10.3. The summed E-state index contributed by atoms with van der Waals surface area (Å²) >= 11 is 13.0. The molecule has 0 atom stereocenters. The summed E-state index contributed by atoms with van der Waals surface area (Å²) in [6.07, 6.45) is 2.39. The Kier molecular flexibility index (Phi) is 10.7. The first-order chi connectivity index (χ1) is 30.0. The maximum absolute atomic E-state index is 15.1. The summed E-state index contributed by atoms with van der Waals surface area (Å²) in [5.41, 5.74) is 2.99. The van der Waals surface area contributed by atoms with Gasteiger partial charge in [-0.1, -0.05) is 114 Å². The fourth-order valence-electron chi connectivity index (χ4n) is 7.43. The molecule has 0 saturated carbocycles. The number of fused-ring (bicyclic) bond motifs is 2. The molecular weight excluding hydrogens is 870 g/mol. The largest absolute Gasteiger partial charge is 0.487 e. The number of benzene rings is 5. The van der Waals surface area contributed by atoms with Gasteiger partial charge >= 0.3 is 5.97 Å². The van der Waals surface area contributed by atoms with E-state index in [9.17, 15) is 4.79 Å². The minimum absolute atomic E-state index is 0.000512. The molecule has 16 heteroatoms. The second kappa shape index (κ2) is 16.3. The SMILES string of the molecule is CCOC(=O)c1c[nH]nc1S(=O)(=O)n1c(-c2ccccc2)c(-c2ncc(S(=O)(=O)n3c(-c4ccccc4)cc4cc(Cl)ccc43)cc2OCc2ccccc2)c2cc(Cl)ccc21. The van der Waals surface area contributed by atoms with Crippen molar-refractivity contribution in [3.63, 3.8) is 0 Å². The van der Waals surface area contributed by atoms with Gasteiger partial charge in [0.1, 0.15) is 28.5 Å². The molecule has 0 aliphatic heterocycles. The minimum atomic E-state index is -4.73. The quantitative estimate of drug-likeness (QED) is 0.118. The first-order valence-corrected chi connectivity index (χ1v) is 22.8. The van der Waals surface area contributed by atoms with Gasteiger partial charge < -0.3 is 9.47 Å². The molecule has 0 amide bonds. The van der Waals surface area contributed by atoms with Crippen molar-refractivity contribution in [3.8, 4) is 39.5 Å². The van der Waals surface area contributed by atoms with E-state index in [0.29, 0.717) is 38.1 Å². The lowest BCUT2D eigenvalue weighted by Gasteiger charge is -2.17. The Hall–Kier alpha value is -6.71. The van der Waals surface area contributed by atoms with Gasteiger partial charge in [-0.2, -0.15) is 13.5 Å². The Morgan fingerprint density at radius 1 is 0.726 bits per heavy atom. The van der Waals surface area contributed by atoms with Crippen LogP contribution < -0.4 is 4.74 Å². The van der Waals surface area contributed by atoms with Crippen molar-refractivity contribution in [2.45, 2.75) is 23.5 Å². The topological polar surface area (TPSA) is 155 Å². The van der Waals surface area contributed by atoms with Crippen molar-refractivity contribution in [1.82, 2.24) is 23.1 Å². The number of pyridine rings is 1. The molecule has 0 fully saturated rings. The summed E-state index contributed by atoms with van der Waals surface area (Å²) in [5.74, 6) is -0.860. The maximum atomic E-state index is 15.1. The van der Waals surface area contributed by atoms with E-state index in [-0.39, 0.29) is 56.9 Å². The van der Waals surface area contributed by atoms with Gasteiger partial charge in [0.05, 0.1) is 29.0 Å². The molecule has 9 aromatic rings. The van der Waals surface area contributed by atoms with Gasteiger partial charge in [0.25, 0.3) is 20.0 Å². The normalized spacial score (nSPS) is 11.9. The van der Waals surface area contributed by atoms with E-state index < -0.39 is 31.0 Å². The van der Waals surface area contributed by atoms with Gasteiger partial charge in [-0.05, 0) is 66.1 Å². The molecular formula is C46H33Cl2N5O7S2. The minimum Gasteiger partial charge on any atom is -0.487 e. The number of nitrogens with zero attached hydrogens (tertiary/aromatic N) is 4. The Labute approximate surface area is 366 Å². The summed E-state index contributed by atoms with van der Waals surface area (Å²) in [7, 11) is -9.17. The number of H-pyrrole nitrogens is 1. The van der Waals surface area contributed by atoms with Crippen LogP contribution in [0.15, 0.2) is 162 Å². The van der Waals surface area contributed by atoms with Crippen LogP contribution in [0.5, 0.6) is 5.75 Å². The number of rotatable bonds is 12. The van der Waals surface area contributed by atoms with E-state index in [0.717, 1.165) is 9.54 Å². The second-order valence-corrected chi connectivity index (χ2v) is 18.4. The van der Waals surface area contributed by atoms with Crippen LogP contribution in [0.4, 0.5) is 0 Å². The predicted molar refractivity (Wildman–Crippen MR) is 238 cm³/mol. The molecule has 1 N–H and O–H groups in total. The van der Waals surface area contributed by atoms with E-state index in [4.69, 9.17) is 37.7 Å². The third-order valence-electron chi connectivity index (χ3n) is 10.1. The highest BCUT2D eigenvalue weighted by atomic mass is 35.5. The summed E-state index contributed by atoms with van der Waals surface area (Å²) in [6.45, 7) is 1.60. The number of nitrogens with one attached hydrogen (secondary N) is 1. The number of esters is 1. The zero-order valence-corrected chi connectivity index (χ0v) is 35.7. The fraction of sp³-hybridized carbons (Fsp3) is 0.0652. The van der Waals surface area contributed by atoms with E-state index in [1.807, 2.05) is 60.7 Å². The highest BCUT2D eigenvalue weighted by molar-refractivity contribution is 7.90. The average Bonchev–Trinajstić information content (AvgIpc) is 4.02. The lowest BCUT2D eigenvalue weighted by atomic mass is 10.0. The van der Waals surface area contributed by atoms with Gasteiger partial charge in [0.2, 0.25) is 5.03 Å². The lowest BCUT2D eigenvalue weighted by Crippen LogP contribution is -2.18. The number of carbonyl (C=O) groups excluding carboxylic acids is 1. The highest BCUT2D eigenvalue weighted by Gasteiger charge is 2.36. The number of carbonyl (C=O) groups is 1. The van der Waals surface area contributed by atoms with Crippen LogP contribution in [-0.2, 0) is 31.4 Å². The molecule has 12 nitrogen and oxygen atoms in total. The first kappa shape index (κ1) is 40.7. The van der Waals surface area contributed by atoms with Crippen molar-refractivity contribution in [2.24, 2.45) is 0 Å². The molecule has 0 aliphatic rings. The van der Waals surface area contributed by atoms with Gasteiger partial charge in [-0.3, -0.25) is 10.1 Å². The molecule has 310 valence electrons. The Morgan fingerprint density at radius 2 is 1.37 bits per heavy atom. The molecule has 62 heavy (non-hydrogen) atoms. The van der Waals surface area contributed by atoms with Crippen LogP contribution in [0.3, 0.4) is 0 Å². The molecule has 4 heterocycles. The molecule has 9 rings (SSSR count). The molecule has 0 radical (unpaired) electrons. The lowest BCUT2D eigenvalue weighted by molar-refractivity contribution is 0.0521. The van der Waals surface area contributed by atoms with E-state index in [1.165, 1.54) is 22.4 Å². The number of hydrogen-bond donors (Lipinski definition) is 1. The van der Waals surface area contributed by atoms with Gasteiger partial charge in [0.15, 0.2) is 0 Å². The Morgan fingerprint density at radius 3 is 2.06 bits per heavy atom. The molecule has 0 saturated heterocycles. The third-order valence-corrected chi connectivity index (χ3v) is 14.0. The number of halogens is 2. The van der Waals surface area contributed by atoms with Crippen molar-refractivity contribution < 1.29 is 31.1 Å². The summed E-state index contributed by atoms with van der Waals surface area (Å²) < 4.78 is 74.3. The van der Waals surface area contributed by atoms with Crippen LogP contribution in [0.1, 0.15) is 22.8 Å². The van der Waals surface area contributed by atoms with Gasteiger partial charge in [-0.15, -0.1) is 0 Å². The number of aromatic nitrogens is 5. The first-order valence-electron chi connectivity index (χ1n) is 19.1. The number of ether oxygens (including phenoxy) is 2. The molecule has 0 spiro atoms. The van der Waals surface area contributed by atoms with Crippen LogP contribution in [0, 0.1) is 0 Å². The fourth-order valence-corrected chi connectivity index (χ4v) is 10.9. The monoisotopic (exact) mass is 901 g/mol. The van der Waals surface area contributed by atoms with Crippen LogP contribution in [0.25, 0.3) is 55.6 Å². The summed E-state index contributed by atoms with van der Waals surface area (Å²) in [4.78, 5) is 17.7.